The first-order chi connectivity index (χ1) is 15.2. The highest BCUT2D eigenvalue weighted by Gasteiger charge is 2.06. The molecule has 4 nitrogen and oxygen atoms in total. The summed E-state index contributed by atoms with van der Waals surface area (Å²) in [4.78, 5) is 23.7. The van der Waals surface area contributed by atoms with Gasteiger partial charge in [-0.25, -0.2) is 0 Å². The predicted molar refractivity (Wildman–Crippen MR) is 126 cm³/mol. The van der Waals surface area contributed by atoms with E-state index in [0.29, 0.717) is 25.2 Å². The summed E-state index contributed by atoms with van der Waals surface area (Å²) in [5.74, 6) is 0.371. The molecule has 0 spiro atoms. The highest BCUT2D eigenvalue weighted by Crippen LogP contribution is 2.21. The molecule has 0 aliphatic rings. The normalized spacial score (nSPS) is 10.9. The van der Waals surface area contributed by atoms with Gasteiger partial charge in [0.2, 0.25) is 0 Å². The molecule has 31 heavy (non-hydrogen) atoms. The number of unbranched alkanes of at least 4 members (excludes halogenated alkanes) is 9. The minimum atomic E-state index is -0.173. The SMILES string of the molecule is CCCCCCCOC(=O)CCCCCCCCC(=O)Oc1ccc2ccccc2c1. The van der Waals surface area contributed by atoms with E-state index in [9.17, 15) is 9.59 Å². The summed E-state index contributed by atoms with van der Waals surface area (Å²) >= 11 is 0. The maximum absolute atomic E-state index is 12.0. The lowest BCUT2D eigenvalue weighted by atomic mass is 10.1. The summed E-state index contributed by atoms with van der Waals surface area (Å²) < 4.78 is 10.7. The number of carbonyl (C=O) groups excluding carboxylic acids is 2. The van der Waals surface area contributed by atoms with Crippen LogP contribution in [-0.2, 0) is 14.3 Å². The molecule has 0 saturated carbocycles. The number of hydrogen-bond acceptors (Lipinski definition) is 4. The summed E-state index contributed by atoms with van der Waals surface area (Å²) in [5.41, 5.74) is 0. The summed E-state index contributed by atoms with van der Waals surface area (Å²) in [7, 11) is 0. The molecule has 0 saturated heterocycles. The van der Waals surface area contributed by atoms with Crippen LogP contribution in [0, 0.1) is 0 Å². The smallest absolute Gasteiger partial charge is 0.311 e. The first-order valence-corrected chi connectivity index (χ1v) is 12.0. The lowest BCUT2D eigenvalue weighted by molar-refractivity contribution is -0.144. The number of hydrogen-bond donors (Lipinski definition) is 0. The monoisotopic (exact) mass is 426 g/mol. The van der Waals surface area contributed by atoms with E-state index >= 15 is 0 Å². The molecule has 0 heterocycles. The molecule has 4 heteroatoms. The average Bonchev–Trinajstić information content (AvgIpc) is 2.78. The summed E-state index contributed by atoms with van der Waals surface area (Å²) in [6.07, 6.45) is 12.8. The van der Waals surface area contributed by atoms with E-state index in [1.165, 1.54) is 19.3 Å². The molecular weight excluding hydrogens is 388 g/mol. The van der Waals surface area contributed by atoms with Crippen molar-refractivity contribution in [1.82, 2.24) is 0 Å². The fourth-order valence-electron chi connectivity index (χ4n) is 3.62. The van der Waals surface area contributed by atoms with Gasteiger partial charge in [0, 0.05) is 12.8 Å². The van der Waals surface area contributed by atoms with E-state index < -0.39 is 0 Å². The van der Waals surface area contributed by atoms with Gasteiger partial charge in [-0.2, -0.15) is 0 Å². The lowest BCUT2D eigenvalue weighted by Gasteiger charge is -2.06. The zero-order chi connectivity index (χ0) is 22.2. The number of ether oxygens (including phenoxy) is 2. The molecule has 2 rings (SSSR count). The lowest BCUT2D eigenvalue weighted by Crippen LogP contribution is -2.07. The minimum absolute atomic E-state index is 0.0630. The Morgan fingerprint density at radius 3 is 2.03 bits per heavy atom. The third-order valence-electron chi connectivity index (χ3n) is 5.48. The van der Waals surface area contributed by atoms with Crippen LogP contribution in [0.4, 0.5) is 0 Å². The molecule has 0 atom stereocenters. The highest BCUT2D eigenvalue weighted by molar-refractivity contribution is 5.84. The molecular formula is C27H38O4. The van der Waals surface area contributed by atoms with Crippen LogP contribution in [-0.4, -0.2) is 18.5 Å². The highest BCUT2D eigenvalue weighted by atomic mass is 16.5. The van der Waals surface area contributed by atoms with E-state index in [1.807, 2.05) is 42.5 Å². The van der Waals surface area contributed by atoms with Crippen molar-refractivity contribution < 1.29 is 19.1 Å². The largest absolute Gasteiger partial charge is 0.466 e. The average molecular weight is 427 g/mol. The van der Waals surface area contributed by atoms with Crippen molar-refractivity contribution in [2.24, 2.45) is 0 Å². The summed E-state index contributed by atoms with van der Waals surface area (Å²) in [6.45, 7) is 2.76. The first-order valence-electron chi connectivity index (χ1n) is 12.0. The van der Waals surface area contributed by atoms with Gasteiger partial charge in [-0.1, -0.05) is 88.6 Å². The van der Waals surface area contributed by atoms with Crippen LogP contribution in [0.2, 0.25) is 0 Å². The number of carbonyl (C=O) groups is 2. The van der Waals surface area contributed by atoms with Gasteiger partial charge in [0.05, 0.1) is 6.61 Å². The molecule has 0 N–H and O–H groups in total. The van der Waals surface area contributed by atoms with Gasteiger partial charge in [-0.15, -0.1) is 0 Å². The zero-order valence-electron chi connectivity index (χ0n) is 19.1. The number of esters is 2. The number of rotatable bonds is 16. The Hall–Kier alpha value is -2.36. The fraction of sp³-hybridized carbons (Fsp3) is 0.556. The van der Waals surface area contributed by atoms with E-state index in [2.05, 4.69) is 6.92 Å². The second kappa shape index (κ2) is 15.4. The fourth-order valence-corrected chi connectivity index (χ4v) is 3.62. The van der Waals surface area contributed by atoms with Gasteiger partial charge in [0.25, 0.3) is 0 Å². The Bertz CT molecular complexity index is 784. The van der Waals surface area contributed by atoms with Crippen molar-refractivity contribution >= 4 is 22.7 Å². The molecule has 0 fully saturated rings. The van der Waals surface area contributed by atoms with Gasteiger partial charge < -0.3 is 9.47 Å². The number of fused-ring (bicyclic) bond motifs is 1. The van der Waals surface area contributed by atoms with Crippen molar-refractivity contribution in [3.8, 4) is 5.75 Å². The van der Waals surface area contributed by atoms with Crippen LogP contribution in [0.3, 0.4) is 0 Å². The van der Waals surface area contributed by atoms with Crippen molar-refractivity contribution in [2.75, 3.05) is 6.61 Å². The summed E-state index contributed by atoms with van der Waals surface area (Å²) in [5, 5.41) is 2.21. The minimum Gasteiger partial charge on any atom is -0.466 e. The molecule has 2 aromatic rings. The van der Waals surface area contributed by atoms with Crippen LogP contribution in [0.15, 0.2) is 42.5 Å². The second-order valence-corrected chi connectivity index (χ2v) is 8.24. The van der Waals surface area contributed by atoms with Gasteiger partial charge in [-0.05, 0) is 42.2 Å². The van der Waals surface area contributed by atoms with E-state index in [1.54, 1.807) is 0 Å². The van der Waals surface area contributed by atoms with Crippen molar-refractivity contribution in [3.05, 3.63) is 42.5 Å². The van der Waals surface area contributed by atoms with Gasteiger partial charge in [0.1, 0.15) is 5.75 Å². The van der Waals surface area contributed by atoms with E-state index in [4.69, 9.17) is 9.47 Å². The molecule has 0 radical (unpaired) electrons. The molecule has 2 aromatic carbocycles. The Kier molecular flexibility index (Phi) is 12.4. The Morgan fingerprint density at radius 2 is 1.29 bits per heavy atom. The van der Waals surface area contributed by atoms with Gasteiger partial charge in [-0.3, -0.25) is 9.59 Å². The predicted octanol–water partition coefficient (Wildman–Crippen LogP) is 7.38. The quantitative estimate of drug-likeness (QED) is 0.160. The Labute approximate surface area is 187 Å². The Morgan fingerprint density at radius 1 is 0.677 bits per heavy atom. The van der Waals surface area contributed by atoms with E-state index in [-0.39, 0.29) is 11.9 Å². The van der Waals surface area contributed by atoms with Crippen LogP contribution < -0.4 is 4.74 Å². The molecule has 0 aliphatic heterocycles. The summed E-state index contributed by atoms with van der Waals surface area (Å²) in [6, 6.07) is 13.8. The molecule has 0 aliphatic carbocycles. The standard InChI is InChI=1S/C27H38O4/c1-2-3-4-9-14-21-30-26(28)17-10-7-5-6-8-11-18-27(29)31-25-20-19-23-15-12-13-16-24(23)22-25/h12-13,15-16,19-20,22H,2-11,14,17-18,21H2,1H3. The van der Waals surface area contributed by atoms with Crippen molar-refractivity contribution in [3.63, 3.8) is 0 Å². The van der Waals surface area contributed by atoms with Crippen LogP contribution in [0.25, 0.3) is 10.8 Å². The molecule has 170 valence electrons. The van der Waals surface area contributed by atoms with E-state index in [0.717, 1.165) is 62.1 Å². The van der Waals surface area contributed by atoms with Gasteiger partial charge >= 0.3 is 11.9 Å². The number of benzene rings is 2. The second-order valence-electron chi connectivity index (χ2n) is 8.24. The van der Waals surface area contributed by atoms with Crippen molar-refractivity contribution in [2.45, 2.75) is 90.4 Å². The maximum atomic E-state index is 12.0. The first kappa shape index (κ1) is 24.9. The van der Waals surface area contributed by atoms with Crippen LogP contribution in [0.1, 0.15) is 90.4 Å². The maximum Gasteiger partial charge on any atom is 0.311 e. The third kappa shape index (κ3) is 11.0. The molecule has 0 aromatic heterocycles. The third-order valence-corrected chi connectivity index (χ3v) is 5.48. The Balaban J connectivity index is 1.43. The van der Waals surface area contributed by atoms with Crippen LogP contribution >= 0.6 is 0 Å². The topological polar surface area (TPSA) is 52.6 Å². The van der Waals surface area contributed by atoms with Crippen molar-refractivity contribution in [1.29, 1.82) is 0 Å². The molecule has 0 unspecified atom stereocenters. The molecule has 0 bridgehead atoms. The molecule has 0 amide bonds. The van der Waals surface area contributed by atoms with Crippen LogP contribution in [0.5, 0.6) is 5.75 Å². The van der Waals surface area contributed by atoms with Gasteiger partial charge in [0.15, 0.2) is 0 Å². The zero-order valence-corrected chi connectivity index (χ0v) is 19.1.